The second-order valence-corrected chi connectivity index (χ2v) is 6.00. The highest BCUT2D eigenvalue weighted by Gasteiger charge is 2.45. The van der Waals surface area contributed by atoms with Crippen LogP contribution >= 0.6 is 0 Å². The molecule has 0 heterocycles. The molecule has 116 valence electrons. The van der Waals surface area contributed by atoms with Crippen LogP contribution in [0.4, 0.5) is 18.9 Å². The number of carbonyl (C=O) groups is 1. The number of anilines is 1. The van der Waals surface area contributed by atoms with Crippen LogP contribution in [0.3, 0.4) is 0 Å². The minimum absolute atomic E-state index is 0.0280. The van der Waals surface area contributed by atoms with Crippen LogP contribution in [-0.2, 0) is 6.18 Å². The smallest absolute Gasteiger partial charge is 0.352 e. The summed E-state index contributed by atoms with van der Waals surface area (Å²) in [6.45, 7) is 4.66. The molecule has 0 spiro atoms. The van der Waals surface area contributed by atoms with Crippen LogP contribution in [0.2, 0.25) is 0 Å². The van der Waals surface area contributed by atoms with Crippen molar-refractivity contribution < 1.29 is 18.0 Å². The van der Waals surface area contributed by atoms with Gasteiger partial charge in [-0.1, -0.05) is 13.8 Å². The first-order chi connectivity index (χ1) is 9.65. The number of nitrogens with two attached hydrogens (primary N) is 1. The number of alkyl halides is 3. The lowest BCUT2D eigenvalue weighted by Gasteiger charge is -2.14. The summed E-state index contributed by atoms with van der Waals surface area (Å²) >= 11 is 0. The van der Waals surface area contributed by atoms with Crippen molar-refractivity contribution in [2.75, 3.05) is 12.0 Å². The third-order valence-electron chi connectivity index (χ3n) is 3.97. The quantitative estimate of drug-likeness (QED) is 0.592. The maximum Gasteiger partial charge on any atom is 0.418 e. The number of carbonyl (C=O) groups excluding carboxylic acids is 1. The molecule has 0 aliphatic heterocycles. The highest BCUT2D eigenvalue weighted by molar-refractivity contribution is 5.95. The predicted octanol–water partition coefficient (Wildman–Crippen LogP) is 2.77. The van der Waals surface area contributed by atoms with Gasteiger partial charge in [-0.25, -0.2) is 0 Å². The molecule has 2 rings (SSSR count). The first-order valence-corrected chi connectivity index (χ1v) is 6.61. The van der Waals surface area contributed by atoms with Crippen LogP contribution < -0.4 is 16.6 Å². The van der Waals surface area contributed by atoms with Gasteiger partial charge in [0.1, 0.15) is 0 Å². The van der Waals surface area contributed by atoms with E-state index in [0.717, 1.165) is 18.6 Å². The molecule has 1 fully saturated rings. The first-order valence-electron chi connectivity index (χ1n) is 6.61. The molecule has 7 heteroatoms. The SMILES string of the molecule is CC1(C)CC1CNC(=O)c1ccc(NN)c(C(F)(F)F)c1. The Hall–Kier alpha value is -1.76. The molecule has 1 aliphatic carbocycles. The number of benzene rings is 1. The zero-order chi connectivity index (χ0) is 15.8. The number of rotatable bonds is 4. The molecule has 1 amide bonds. The number of hydrogen-bond acceptors (Lipinski definition) is 3. The number of amides is 1. The molecule has 1 aromatic carbocycles. The van der Waals surface area contributed by atoms with E-state index < -0.39 is 17.6 Å². The van der Waals surface area contributed by atoms with Crippen LogP contribution in [0.5, 0.6) is 0 Å². The predicted molar refractivity (Wildman–Crippen MR) is 73.5 cm³/mol. The minimum Gasteiger partial charge on any atom is -0.352 e. The van der Waals surface area contributed by atoms with Crippen molar-refractivity contribution >= 4 is 11.6 Å². The summed E-state index contributed by atoms with van der Waals surface area (Å²) in [5.41, 5.74) is 0.950. The first kappa shape index (κ1) is 15.6. The van der Waals surface area contributed by atoms with Crippen molar-refractivity contribution in [2.45, 2.75) is 26.4 Å². The van der Waals surface area contributed by atoms with Gasteiger partial charge in [0.05, 0.1) is 11.3 Å². The van der Waals surface area contributed by atoms with E-state index in [1.54, 1.807) is 0 Å². The topological polar surface area (TPSA) is 67.2 Å². The van der Waals surface area contributed by atoms with E-state index in [0.29, 0.717) is 12.5 Å². The maximum absolute atomic E-state index is 12.9. The van der Waals surface area contributed by atoms with Crippen LogP contribution in [0.1, 0.15) is 36.2 Å². The molecule has 1 aliphatic rings. The Bertz CT molecular complexity index is 555. The van der Waals surface area contributed by atoms with Gasteiger partial charge in [0.25, 0.3) is 5.91 Å². The Morgan fingerprint density at radius 1 is 1.43 bits per heavy atom. The van der Waals surface area contributed by atoms with E-state index in [2.05, 4.69) is 19.2 Å². The zero-order valence-electron chi connectivity index (χ0n) is 11.8. The summed E-state index contributed by atoms with van der Waals surface area (Å²) in [6.07, 6.45) is -3.56. The largest absolute Gasteiger partial charge is 0.418 e. The van der Waals surface area contributed by atoms with Crippen molar-refractivity contribution in [1.29, 1.82) is 0 Å². The summed E-state index contributed by atoms with van der Waals surface area (Å²) < 4.78 is 38.6. The molecule has 0 radical (unpaired) electrons. The molecule has 0 saturated heterocycles. The normalized spacial score (nSPS) is 20.0. The summed E-state index contributed by atoms with van der Waals surface area (Å²) in [4.78, 5) is 11.9. The van der Waals surface area contributed by atoms with E-state index in [4.69, 9.17) is 5.84 Å². The summed E-state index contributed by atoms with van der Waals surface area (Å²) in [7, 11) is 0. The van der Waals surface area contributed by atoms with Gasteiger partial charge in [-0.2, -0.15) is 13.2 Å². The van der Waals surface area contributed by atoms with Gasteiger partial charge < -0.3 is 10.7 Å². The van der Waals surface area contributed by atoms with Gasteiger partial charge in [0, 0.05) is 12.1 Å². The highest BCUT2D eigenvalue weighted by Crippen LogP contribution is 2.51. The Kier molecular flexibility index (Phi) is 3.88. The lowest BCUT2D eigenvalue weighted by Crippen LogP contribution is -2.27. The van der Waals surface area contributed by atoms with Crippen LogP contribution in [0.25, 0.3) is 0 Å². The van der Waals surface area contributed by atoms with Crippen molar-refractivity contribution in [3.63, 3.8) is 0 Å². The van der Waals surface area contributed by atoms with Crippen LogP contribution in [-0.4, -0.2) is 12.5 Å². The third kappa shape index (κ3) is 3.47. The van der Waals surface area contributed by atoms with E-state index in [-0.39, 0.29) is 16.7 Å². The lowest BCUT2D eigenvalue weighted by atomic mass is 10.1. The van der Waals surface area contributed by atoms with Crippen molar-refractivity contribution in [2.24, 2.45) is 17.2 Å². The van der Waals surface area contributed by atoms with Crippen LogP contribution in [0, 0.1) is 11.3 Å². The standard InChI is InChI=1S/C14H18F3N3O/c1-13(2)6-9(13)7-19-12(21)8-3-4-11(20-18)10(5-8)14(15,16)17/h3-5,9,20H,6-7,18H2,1-2H3,(H,19,21). The number of halogens is 3. The van der Waals surface area contributed by atoms with E-state index in [9.17, 15) is 18.0 Å². The van der Waals surface area contributed by atoms with Crippen molar-refractivity contribution in [3.05, 3.63) is 29.3 Å². The summed E-state index contributed by atoms with van der Waals surface area (Å²) in [6, 6.07) is 3.28. The second-order valence-electron chi connectivity index (χ2n) is 6.00. The molecule has 0 aromatic heterocycles. The number of hydrazine groups is 1. The number of hydrogen-bond donors (Lipinski definition) is 3. The van der Waals surface area contributed by atoms with Crippen molar-refractivity contribution in [3.8, 4) is 0 Å². The number of nitrogens with one attached hydrogen (secondary N) is 2. The Morgan fingerprint density at radius 2 is 2.05 bits per heavy atom. The van der Waals surface area contributed by atoms with E-state index in [1.807, 2.05) is 5.43 Å². The molecule has 0 bridgehead atoms. The molecular formula is C14H18F3N3O. The summed E-state index contributed by atoms with van der Waals surface area (Å²) in [5, 5.41) is 2.67. The second kappa shape index (κ2) is 5.22. The Morgan fingerprint density at radius 3 is 2.52 bits per heavy atom. The van der Waals surface area contributed by atoms with Crippen molar-refractivity contribution in [1.82, 2.24) is 5.32 Å². The van der Waals surface area contributed by atoms with E-state index in [1.165, 1.54) is 6.07 Å². The average Bonchev–Trinajstić information content (AvgIpc) is 3.01. The molecule has 1 unspecified atom stereocenters. The number of nitrogen functional groups attached to an aromatic ring is 1. The molecule has 1 saturated carbocycles. The highest BCUT2D eigenvalue weighted by atomic mass is 19.4. The Balaban J connectivity index is 2.11. The zero-order valence-corrected chi connectivity index (χ0v) is 11.8. The van der Waals surface area contributed by atoms with Gasteiger partial charge in [-0.15, -0.1) is 0 Å². The molecule has 4 N–H and O–H groups in total. The lowest BCUT2D eigenvalue weighted by molar-refractivity contribution is -0.137. The monoisotopic (exact) mass is 301 g/mol. The van der Waals surface area contributed by atoms with Gasteiger partial charge in [-0.05, 0) is 36.0 Å². The van der Waals surface area contributed by atoms with Gasteiger partial charge in [-0.3, -0.25) is 10.6 Å². The third-order valence-corrected chi connectivity index (χ3v) is 3.97. The molecule has 21 heavy (non-hydrogen) atoms. The van der Waals surface area contributed by atoms with Crippen LogP contribution in [0.15, 0.2) is 18.2 Å². The summed E-state index contributed by atoms with van der Waals surface area (Å²) in [5.74, 6) is 4.93. The molecule has 4 nitrogen and oxygen atoms in total. The fourth-order valence-electron chi connectivity index (χ4n) is 2.29. The average molecular weight is 301 g/mol. The maximum atomic E-state index is 12.9. The molecular weight excluding hydrogens is 283 g/mol. The van der Waals surface area contributed by atoms with Gasteiger partial charge >= 0.3 is 6.18 Å². The van der Waals surface area contributed by atoms with Gasteiger partial charge in [0.15, 0.2) is 0 Å². The fourth-order valence-corrected chi connectivity index (χ4v) is 2.29. The van der Waals surface area contributed by atoms with E-state index >= 15 is 0 Å². The minimum atomic E-state index is -4.57. The molecule has 1 aromatic rings. The molecule has 1 atom stereocenters. The van der Waals surface area contributed by atoms with Gasteiger partial charge in [0.2, 0.25) is 0 Å². The fraction of sp³-hybridized carbons (Fsp3) is 0.500. The Labute approximate surface area is 120 Å².